The zero-order chi connectivity index (χ0) is 17.1. The molecule has 2 aromatic carbocycles. The van der Waals surface area contributed by atoms with Crippen LogP contribution in [0.25, 0.3) is 16.9 Å². The van der Waals surface area contributed by atoms with Crippen LogP contribution in [0.1, 0.15) is 24.2 Å². The fourth-order valence-electron chi connectivity index (χ4n) is 2.41. The Morgan fingerprint density at radius 1 is 1.08 bits per heavy atom. The molecule has 5 heteroatoms. The van der Waals surface area contributed by atoms with Gasteiger partial charge in [0, 0.05) is 22.8 Å². The quantitative estimate of drug-likeness (QED) is 0.769. The molecule has 1 heterocycles. The summed E-state index contributed by atoms with van der Waals surface area (Å²) in [6.07, 6.45) is 1.76. The first kappa shape index (κ1) is 16.3. The highest BCUT2D eigenvalue weighted by atomic mass is 35.5. The number of hydrogen-bond donors (Lipinski definition) is 1. The van der Waals surface area contributed by atoms with Gasteiger partial charge in [-0.2, -0.15) is 5.10 Å². The third-order valence-corrected chi connectivity index (χ3v) is 3.77. The molecule has 0 fully saturated rings. The van der Waals surface area contributed by atoms with Crippen LogP contribution in [0.4, 0.5) is 0 Å². The third kappa shape index (κ3) is 3.49. The van der Waals surface area contributed by atoms with Gasteiger partial charge >= 0.3 is 0 Å². The summed E-state index contributed by atoms with van der Waals surface area (Å²) in [6, 6.07) is 17.1. The van der Waals surface area contributed by atoms with Crippen molar-refractivity contribution in [2.45, 2.75) is 19.9 Å². The second-order valence-electron chi connectivity index (χ2n) is 5.81. The van der Waals surface area contributed by atoms with Crippen LogP contribution in [-0.4, -0.2) is 21.7 Å². The molecule has 0 aliphatic carbocycles. The first-order chi connectivity index (χ1) is 11.5. The van der Waals surface area contributed by atoms with Gasteiger partial charge in [0.25, 0.3) is 5.91 Å². The first-order valence-electron chi connectivity index (χ1n) is 7.76. The number of carbonyl (C=O) groups is 1. The molecule has 1 amide bonds. The van der Waals surface area contributed by atoms with Crippen LogP contribution >= 0.6 is 11.6 Å². The maximum absolute atomic E-state index is 12.6. The molecule has 4 nitrogen and oxygen atoms in total. The fourth-order valence-corrected chi connectivity index (χ4v) is 2.54. The highest BCUT2D eigenvalue weighted by Gasteiger charge is 2.19. The van der Waals surface area contributed by atoms with Crippen molar-refractivity contribution in [2.75, 3.05) is 0 Å². The van der Waals surface area contributed by atoms with Crippen LogP contribution in [0.5, 0.6) is 0 Å². The van der Waals surface area contributed by atoms with Crippen LogP contribution < -0.4 is 5.32 Å². The van der Waals surface area contributed by atoms with Gasteiger partial charge < -0.3 is 5.32 Å². The van der Waals surface area contributed by atoms with Crippen molar-refractivity contribution in [3.63, 3.8) is 0 Å². The molecule has 0 aliphatic rings. The first-order valence-corrected chi connectivity index (χ1v) is 8.14. The summed E-state index contributed by atoms with van der Waals surface area (Å²) in [5.41, 5.74) is 2.92. The number of nitrogens with one attached hydrogen (secondary N) is 1. The Bertz CT molecular complexity index is 839. The molecule has 3 aromatic rings. The maximum atomic E-state index is 12.6. The largest absolute Gasteiger partial charge is 0.350 e. The van der Waals surface area contributed by atoms with E-state index in [0.717, 1.165) is 11.3 Å². The minimum atomic E-state index is -0.142. The van der Waals surface area contributed by atoms with Gasteiger partial charge in [-0.3, -0.25) is 4.79 Å². The predicted octanol–water partition coefficient (Wildman–Crippen LogP) is 4.33. The average Bonchev–Trinajstić information content (AvgIpc) is 3.01. The number of aromatic nitrogens is 2. The maximum Gasteiger partial charge on any atom is 0.255 e. The summed E-state index contributed by atoms with van der Waals surface area (Å²) >= 11 is 5.97. The van der Waals surface area contributed by atoms with Crippen LogP contribution in [0.3, 0.4) is 0 Å². The van der Waals surface area contributed by atoms with E-state index < -0.39 is 0 Å². The van der Waals surface area contributed by atoms with E-state index in [1.807, 2.05) is 56.3 Å². The van der Waals surface area contributed by atoms with Crippen molar-refractivity contribution in [2.24, 2.45) is 0 Å². The normalized spacial score (nSPS) is 10.8. The third-order valence-electron chi connectivity index (χ3n) is 3.52. The summed E-state index contributed by atoms with van der Waals surface area (Å²) in [4.78, 5) is 12.6. The SMILES string of the molecule is CC(C)NC(=O)c1cn(-c2ccccc2)nc1-c1ccc(Cl)cc1. The van der Waals surface area contributed by atoms with Crippen LogP contribution in [0.2, 0.25) is 5.02 Å². The van der Waals surface area contributed by atoms with Gasteiger partial charge in [-0.1, -0.05) is 41.9 Å². The standard InChI is InChI=1S/C19H18ClN3O/c1-13(2)21-19(24)17-12-23(16-6-4-3-5-7-16)22-18(17)14-8-10-15(20)11-9-14/h3-13H,1-2H3,(H,21,24). The van der Waals surface area contributed by atoms with Gasteiger partial charge in [-0.05, 0) is 38.1 Å². The number of para-hydroxylation sites is 1. The topological polar surface area (TPSA) is 46.9 Å². The average molecular weight is 340 g/mol. The zero-order valence-corrected chi connectivity index (χ0v) is 14.3. The Labute approximate surface area is 146 Å². The molecular weight excluding hydrogens is 322 g/mol. The summed E-state index contributed by atoms with van der Waals surface area (Å²) in [5.74, 6) is -0.142. The predicted molar refractivity (Wildman–Crippen MR) is 96.6 cm³/mol. The minimum Gasteiger partial charge on any atom is -0.350 e. The molecule has 1 N–H and O–H groups in total. The summed E-state index contributed by atoms with van der Waals surface area (Å²) in [6.45, 7) is 3.86. The lowest BCUT2D eigenvalue weighted by atomic mass is 10.1. The van der Waals surface area contributed by atoms with Crippen LogP contribution in [0, 0.1) is 0 Å². The number of rotatable bonds is 4. The highest BCUT2D eigenvalue weighted by Crippen LogP contribution is 2.25. The number of hydrogen-bond acceptors (Lipinski definition) is 2. The lowest BCUT2D eigenvalue weighted by molar-refractivity contribution is 0.0944. The molecule has 24 heavy (non-hydrogen) atoms. The van der Waals surface area contributed by atoms with E-state index in [0.29, 0.717) is 16.3 Å². The Hall–Kier alpha value is -2.59. The Balaban J connectivity index is 2.09. The monoisotopic (exact) mass is 339 g/mol. The van der Waals surface area contributed by atoms with Gasteiger partial charge in [0.1, 0.15) is 5.69 Å². The summed E-state index contributed by atoms with van der Waals surface area (Å²) in [7, 11) is 0. The number of benzene rings is 2. The molecule has 0 bridgehead atoms. The van der Waals surface area contributed by atoms with Crippen molar-refractivity contribution in [1.82, 2.24) is 15.1 Å². The van der Waals surface area contributed by atoms with E-state index in [9.17, 15) is 4.79 Å². The van der Waals surface area contributed by atoms with E-state index in [1.54, 1.807) is 23.0 Å². The molecule has 0 unspecified atom stereocenters. The Morgan fingerprint density at radius 3 is 2.38 bits per heavy atom. The van der Waals surface area contributed by atoms with E-state index in [1.165, 1.54) is 0 Å². The van der Waals surface area contributed by atoms with Crippen LogP contribution in [-0.2, 0) is 0 Å². The van der Waals surface area contributed by atoms with Gasteiger partial charge in [-0.25, -0.2) is 4.68 Å². The molecular formula is C19H18ClN3O. The number of amides is 1. The lowest BCUT2D eigenvalue weighted by Gasteiger charge is -2.08. The second-order valence-corrected chi connectivity index (χ2v) is 6.24. The molecule has 1 aromatic heterocycles. The van der Waals surface area contributed by atoms with Crippen molar-refractivity contribution >= 4 is 17.5 Å². The highest BCUT2D eigenvalue weighted by molar-refractivity contribution is 6.30. The number of halogens is 1. The van der Waals surface area contributed by atoms with Gasteiger partial charge in [0.05, 0.1) is 11.3 Å². The molecule has 0 aliphatic heterocycles. The summed E-state index contributed by atoms with van der Waals surface area (Å²) < 4.78 is 1.72. The molecule has 122 valence electrons. The molecule has 0 spiro atoms. The van der Waals surface area contributed by atoms with Gasteiger partial charge in [-0.15, -0.1) is 0 Å². The smallest absolute Gasteiger partial charge is 0.255 e. The molecule has 3 rings (SSSR count). The lowest BCUT2D eigenvalue weighted by Crippen LogP contribution is -2.30. The number of nitrogens with zero attached hydrogens (tertiary/aromatic N) is 2. The van der Waals surface area contributed by atoms with Crippen molar-refractivity contribution in [1.29, 1.82) is 0 Å². The molecule has 0 radical (unpaired) electrons. The Kier molecular flexibility index (Phi) is 4.67. The fraction of sp³-hybridized carbons (Fsp3) is 0.158. The van der Waals surface area contributed by atoms with E-state index in [2.05, 4.69) is 10.4 Å². The van der Waals surface area contributed by atoms with E-state index in [4.69, 9.17) is 11.6 Å². The molecule has 0 saturated heterocycles. The van der Waals surface area contributed by atoms with Crippen molar-refractivity contribution < 1.29 is 4.79 Å². The van der Waals surface area contributed by atoms with E-state index in [-0.39, 0.29) is 11.9 Å². The van der Waals surface area contributed by atoms with E-state index >= 15 is 0 Å². The zero-order valence-electron chi connectivity index (χ0n) is 13.5. The minimum absolute atomic E-state index is 0.0515. The Morgan fingerprint density at radius 2 is 1.75 bits per heavy atom. The van der Waals surface area contributed by atoms with Crippen molar-refractivity contribution in [3.8, 4) is 16.9 Å². The van der Waals surface area contributed by atoms with Crippen molar-refractivity contribution in [3.05, 3.63) is 71.4 Å². The van der Waals surface area contributed by atoms with Crippen LogP contribution in [0.15, 0.2) is 60.8 Å². The van der Waals surface area contributed by atoms with Gasteiger partial charge in [0.2, 0.25) is 0 Å². The second kappa shape index (κ2) is 6.89. The molecule has 0 atom stereocenters. The molecule has 0 saturated carbocycles. The summed E-state index contributed by atoms with van der Waals surface area (Å²) in [5, 5.41) is 8.20. The van der Waals surface area contributed by atoms with Gasteiger partial charge in [0.15, 0.2) is 0 Å². The number of carbonyl (C=O) groups excluding carboxylic acids is 1.